The number of hydrogen-bond donors (Lipinski definition) is 1. The van der Waals surface area contributed by atoms with Crippen LogP contribution in [0.5, 0.6) is 5.75 Å². The van der Waals surface area contributed by atoms with E-state index in [1.54, 1.807) is 0 Å². The third kappa shape index (κ3) is 6.68. The molecule has 0 aliphatic rings. The molecule has 5 rings (SSSR count). The standard InChI is InChI=1S/C36H39N3O2/c1-25-21-22-39-30(23-25)37-32(33(39)38-36(5,6)24-35(2,3)4)28-17-19-29(20-18-28)41-34(40)31(26-13-9-7-10-14-26)27-15-11-8-12-16-27/h7-23,31,38H,24H2,1-6H3. The van der Waals surface area contributed by atoms with Crippen LogP contribution in [0.15, 0.2) is 103 Å². The summed E-state index contributed by atoms with van der Waals surface area (Å²) in [6.45, 7) is 13.3. The van der Waals surface area contributed by atoms with Crippen LogP contribution in [0.1, 0.15) is 63.6 Å². The molecule has 0 aliphatic heterocycles. The lowest BCUT2D eigenvalue weighted by molar-refractivity contribution is -0.135. The molecule has 0 amide bonds. The summed E-state index contributed by atoms with van der Waals surface area (Å²) in [6.07, 6.45) is 3.05. The van der Waals surface area contributed by atoms with Crippen LogP contribution in [0.2, 0.25) is 0 Å². The van der Waals surface area contributed by atoms with Crippen LogP contribution in [-0.4, -0.2) is 20.9 Å². The molecule has 5 nitrogen and oxygen atoms in total. The van der Waals surface area contributed by atoms with E-state index in [1.165, 1.54) is 0 Å². The van der Waals surface area contributed by atoms with Gasteiger partial charge in [-0.3, -0.25) is 9.20 Å². The zero-order valence-electron chi connectivity index (χ0n) is 24.8. The molecule has 41 heavy (non-hydrogen) atoms. The van der Waals surface area contributed by atoms with Gasteiger partial charge in [0.1, 0.15) is 28.8 Å². The molecule has 0 saturated carbocycles. The molecule has 0 fully saturated rings. The average molecular weight is 546 g/mol. The van der Waals surface area contributed by atoms with E-state index in [0.717, 1.165) is 45.8 Å². The lowest BCUT2D eigenvalue weighted by atomic mass is 9.82. The van der Waals surface area contributed by atoms with Crippen LogP contribution in [0, 0.1) is 12.3 Å². The van der Waals surface area contributed by atoms with Gasteiger partial charge < -0.3 is 10.1 Å². The molecule has 1 N–H and O–H groups in total. The fourth-order valence-electron chi connectivity index (χ4n) is 5.77. The zero-order chi connectivity index (χ0) is 29.2. The van der Waals surface area contributed by atoms with Crippen LogP contribution in [0.25, 0.3) is 16.9 Å². The highest BCUT2D eigenvalue weighted by atomic mass is 16.5. The fourth-order valence-corrected chi connectivity index (χ4v) is 5.77. The van der Waals surface area contributed by atoms with Crippen molar-refractivity contribution in [2.45, 2.75) is 59.4 Å². The Morgan fingerprint density at radius 2 is 1.44 bits per heavy atom. The number of aromatic nitrogens is 2. The molecule has 210 valence electrons. The molecule has 0 spiro atoms. The number of nitrogens with zero attached hydrogens (tertiary/aromatic N) is 2. The van der Waals surface area contributed by atoms with Crippen LogP contribution in [0.4, 0.5) is 5.82 Å². The van der Waals surface area contributed by atoms with E-state index in [1.807, 2.05) is 84.9 Å². The Kier molecular flexibility index (Phi) is 7.72. The van der Waals surface area contributed by atoms with E-state index in [9.17, 15) is 4.79 Å². The van der Waals surface area contributed by atoms with E-state index in [2.05, 4.69) is 69.6 Å². The number of hydrogen-bond acceptors (Lipinski definition) is 4. The molecule has 2 aromatic heterocycles. The second-order valence-electron chi connectivity index (χ2n) is 12.7. The molecule has 0 aliphatic carbocycles. The van der Waals surface area contributed by atoms with Crippen molar-refractivity contribution in [1.82, 2.24) is 9.38 Å². The summed E-state index contributed by atoms with van der Waals surface area (Å²) < 4.78 is 8.05. The molecule has 3 aromatic carbocycles. The molecular formula is C36H39N3O2. The van der Waals surface area contributed by atoms with Crippen LogP contribution in [-0.2, 0) is 4.79 Å². The number of anilines is 1. The average Bonchev–Trinajstić information content (AvgIpc) is 3.25. The van der Waals surface area contributed by atoms with Crippen LogP contribution >= 0.6 is 0 Å². The number of pyridine rings is 1. The Balaban J connectivity index is 1.45. The second kappa shape index (κ2) is 11.2. The van der Waals surface area contributed by atoms with E-state index >= 15 is 0 Å². The van der Waals surface area contributed by atoms with E-state index in [-0.39, 0.29) is 16.9 Å². The van der Waals surface area contributed by atoms with Crippen molar-refractivity contribution >= 4 is 17.4 Å². The smallest absolute Gasteiger partial charge is 0.323 e. The molecule has 0 atom stereocenters. The summed E-state index contributed by atoms with van der Waals surface area (Å²) in [5, 5.41) is 3.80. The van der Waals surface area contributed by atoms with Crippen molar-refractivity contribution in [3.8, 4) is 17.0 Å². The topological polar surface area (TPSA) is 55.6 Å². The highest BCUT2D eigenvalue weighted by Crippen LogP contribution is 2.36. The van der Waals surface area contributed by atoms with Crippen LogP contribution < -0.4 is 10.1 Å². The quantitative estimate of drug-likeness (QED) is 0.157. The first-order valence-corrected chi connectivity index (χ1v) is 14.2. The monoisotopic (exact) mass is 545 g/mol. The minimum absolute atomic E-state index is 0.160. The summed E-state index contributed by atoms with van der Waals surface area (Å²) in [5.41, 5.74) is 5.65. The predicted octanol–water partition coefficient (Wildman–Crippen LogP) is 8.67. The molecule has 0 radical (unpaired) electrons. The minimum atomic E-state index is -0.514. The van der Waals surface area contributed by atoms with Gasteiger partial charge >= 0.3 is 5.97 Å². The number of fused-ring (bicyclic) bond motifs is 1. The van der Waals surface area contributed by atoms with E-state index in [4.69, 9.17) is 9.72 Å². The number of aryl methyl sites for hydroxylation is 1. The third-order valence-electron chi connectivity index (χ3n) is 7.06. The largest absolute Gasteiger partial charge is 0.426 e. The van der Waals surface area contributed by atoms with Crippen molar-refractivity contribution in [2.75, 3.05) is 5.32 Å². The highest BCUT2D eigenvalue weighted by molar-refractivity contribution is 5.84. The van der Waals surface area contributed by atoms with Gasteiger partial charge in [0.05, 0.1) is 0 Å². The van der Waals surface area contributed by atoms with E-state index in [0.29, 0.717) is 5.75 Å². The van der Waals surface area contributed by atoms with Gasteiger partial charge in [0.15, 0.2) is 0 Å². The number of imidazole rings is 1. The normalized spacial score (nSPS) is 12.1. The summed E-state index contributed by atoms with van der Waals surface area (Å²) in [6, 6.07) is 31.3. The maximum atomic E-state index is 13.5. The van der Waals surface area contributed by atoms with Gasteiger partial charge in [-0.25, -0.2) is 4.98 Å². The van der Waals surface area contributed by atoms with Crippen molar-refractivity contribution in [3.63, 3.8) is 0 Å². The lowest BCUT2D eigenvalue weighted by Gasteiger charge is -2.34. The summed E-state index contributed by atoms with van der Waals surface area (Å²) in [5.74, 6) is 0.620. The summed E-state index contributed by atoms with van der Waals surface area (Å²) in [7, 11) is 0. The zero-order valence-corrected chi connectivity index (χ0v) is 24.8. The maximum absolute atomic E-state index is 13.5. The summed E-state index contributed by atoms with van der Waals surface area (Å²) in [4.78, 5) is 18.5. The molecular weight excluding hydrogens is 506 g/mol. The number of ether oxygens (including phenoxy) is 1. The van der Waals surface area contributed by atoms with Gasteiger partial charge in [0.25, 0.3) is 0 Å². The predicted molar refractivity (Wildman–Crippen MR) is 168 cm³/mol. The molecule has 5 aromatic rings. The number of nitrogens with one attached hydrogen (secondary N) is 1. The maximum Gasteiger partial charge on any atom is 0.323 e. The Bertz CT molecular complexity index is 1590. The molecule has 0 unspecified atom stereocenters. The minimum Gasteiger partial charge on any atom is -0.426 e. The van der Waals surface area contributed by atoms with Crippen molar-refractivity contribution in [1.29, 1.82) is 0 Å². The van der Waals surface area contributed by atoms with Gasteiger partial charge in [-0.05, 0) is 85.7 Å². The second-order valence-corrected chi connectivity index (χ2v) is 12.7. The first-order valence-electron chi connectivity index (χ1n) is 14.2. The SMILES string of the molecule is Cc1ccn2c(NC(C)(C)CC(C)(C)C)c(-c3ccc(OC(=O)C(c4ccccc4)c4ccccc4)cc3)nc2c1. The van der Waals surface area contributed by atoms with Gasteiger partial charge in [0.2, 0.25) is 0 Å². The number of rotatable bonds is 8. The Hall–Kier alpha value is -4.38. The Morgan fingerprint density at radius 3 is 2.00 bits per heavy atom. The van der Waals surface area contributed by atoms with Gasteiger partial charge in [-0.2, -0.15) is 0 Å². The number of benzene rings is 3. The number of carbonyl (C=O) groups excluding carboxylic acids is 1. The molecule has 2 heterocycles. The lowest BCUT2D eigenvalue weighted by Crippen LogP contribution is -2.36. The third-order valence-corrected chi connectivity index (χ3v) is 7.06. The van der Waals surface area contributed by atoms with Crippen molar-refractivity contribution < 1.29 is 9.53 Å². The first kappa shape index (κ1) is 28.2. The Labute approximate surface area is 243 Å². The van der Waals surface area contributed by atoms with Gasteiger partial charge in [0, 0.05) is 17.3 Å². The molecule has 0 saturated heterocycles. The molecule has 0 bridgehead atoms. The number of carbonyl (C=O) groups is 1. The van der Waals surface area contributed by atoms with E-state index < -0.39 is 5.92 Å². The Morgan fingerprint density at radius 1 is 0.854 bits per heavy atom. The first-order chi connectivity index (χ1) is 19.5. The summed E-state index contributed by atoms with van der Waals surface area (Å²) >= 11 is 0. The van der Waals surface area contributed by atoms with Gasteiger partial charge in [-0.1, -0.05) is 81.4 Å². The van der Waals surface area contributed by atoms with Gasteiger partial charge in [-0.15, -0.1) is 0 Å². The molecule has 5 heteroatoms. The van der Waals surface area contributed by atoms with Crippen LogP contribution in [0.3, 0.4) is 0 Å². The fraction of sp³-hybridized carbons (Fsp3) is 0.278. The van der Waals surface area contributed by atoms with Crippen molar-refractivity contribution in [2.24, 2.45) is 5.41 Å². The van der Waals surface area contributed by atoms with Crippen molar-refractivity contribution in [3.05, 3.63) is 120 Å². The number of esters is 1. The highest BCUT2D eigenvalue weighted by Gasteiger charge is 2.28.